The Labute approximate surface area is 115 Å². The van der Waals surface area contributed by atoms with Gasteiger partial charge in [-0.2, -0.15) is 4.98 Å². The minimum absolute atomic E-state index is 0.0458. The maximum atomic E-state index is 11.1. The Morgan fingerprint density at radius 2 is 2.05 bits per heavy atom. The quantitative estimate of drug-likeness (QED) is 0.657. The minimum atomic E-state index is -0.477. The van der Waals surface area contributed by atoms with Crippen molar-refractivity contribution in [3.05, 3.63) is 51.7 Å². The van der Waals surface area contributed by atoms with Crippen molar-refractivity contribution in [3.63, 3.8) is 0 Å². The molecule has 1 aromatic heterocycles. The summed E-state index contributed by atoms with van der Waals surface area (Å²) in [6.45, 7) is 1.27. The van der Waals surface area contributed by atoms with Crippen LogP contribution in [-0.4, -0.2) is 21.4 Å². The van der Waals surface area contributed by atoms with Crippen LogP contribution in [0, 0.1) is 10.1 Å². The highest BCUT2D eigenvalue weighted by atomic mass is 16.6. The van der Waals surface area contributed by atoms with E-state index in [0.29, 0.717) is 13.1 Å². The van der Waals surface area contributed by atoms with Crippen LogP contribution < -0.4 is 10.6 Å². The predicted octanol–water partition coefficient (Wildman–Crippen LogP) is 1.53. The molecule has 7 heteroatoms. The molecule has 102 valence electrons. The average molecular weight is 271 g/mol. The third-order valence-electron chi connectivity index (χ3n) is 3.40. The lowest BCUT2D eigenvalue weighted by atomic mass is 10.00. The van der Waals surface area contributed by atoms with Gasteiger partial charge in [-0.25, -0.2) is 4.98 Å². The van der Waals surface area contributed by atoms with Crippen molar-refractivity contribution < 1.29 is 4.92 Å². The number of benzene rings is 1. The fraction of sp³-hybridized carbons (Fsp3) is 0.231. The largest absolute Gasteiger partial charge is 0.368 e. The Morgan fingerprint density at radius 3 is 2.80 bits per heavy atom. The van der Waals surface area contributed by atoms with Crippen molar-refractivity contribution >= 4 is 17.5 Å². The van der Waals surface area contributed by atoms with Gasteiger partial charge in [0.15, 0.2) is 0 Å². The molecular formula is C13H13N5O2. The number of hydrogen-bond donors (Lipinski definition) is 1. The first kappa shape index (κ1) is 12.3. The Kier molecular flexibility index (Phi) is 2.94. The van der Waals surface area contributed by atoms with Crippen molar-refractivity contribution in [3.8, 4) is 0 Å². The molecule has 0 radical (unpaired) electrons. The van der Waals surface area contributed by atoms with Crippen LogP contribution >= 0.6 is 0 Å². The van der Waals surface area contributed by atoms with Gasteiger partial charge in [-0.3, -0.25) is 10.1 Å². The second-order valence-corrected chi connectivity index (χ2v) is 4.63. The Morgan fingerprint density at radius 1 is 1.30 bits per heavy atom. The Hall–Kier alpha value is -2.70. The molecule has 7 nitrogen and oxygen atoms in total. The number of nitrogen functional groups attached to an aromatic ring is 1. The molecule has 0 saturated heterocycles. The van der Waals surface area contributed by atoms with Gasteiger partial charge >= 0.3 is 5.69 Å². The molecule has 0 bridgehead atoms. The molecule has 1 aliphatic rings. The van der Waals surface area contributed by atoms with Crippen LogP contribution in [0.2, 0.25) is 0 Å². The van der Waals surface area contributed by atoms with Crippen LogP contribution in [0.25, 0.3) is 0 Å². The van der Waals surface area contributed by atoms with Crippen LogP contribution in [0.1, 0.15) is 11.1 Å². The first-order chi connectivity index (χ1) is 9.65. The summed E-state index contributed by atoms with van der Waals surface area (Å²) in [5.41, 5.74) is 7.87. The van der Waals surface area contributed by atoms with Crippen molar-refractivity contribution in [2.75, 3.05) is 17.2 Å². The van der Waals surface area contributed by atoms with E-state index in [-0.39, 0.29) is 17.5 Å². The van der Waals surface area contributed by atoms with Gasteiger partial charge in [0.25, 0.3) is 0 Å². The van der Waals surface area contributed by atoms with E-state index in [4.69, 9.17) is 5.73 Å². The Balaban J connectivity index is 1.99. The molecule has 0 spiro atoms. The van der Waals surface area contributed by atoms with E-state index in [2.05, 4.69) is 16.0 Å². The van der Waals surface area contributed by atoms with Gasteiger partial charge in [0.05, 0.1) is 4.92 Å². The summed E-state index contributed by atoms with van der Waals surface area (Å²) >= 11 is 0. The zero-order valence-corrected chi connectivity index (χ0v) is 10.7. The lowest BCUT2D eigenvalue weighted by Gasteiger charge is -2.29. The van der Waals surface area contributed by atoms with Crippen molar-refractivity contribution in [1.29, 1.82) is 0 Å². The summed E-state index contributed by atoms with van der Waals surface area (Å²) in [7, 11) is 0. The summed E-state index contributed by atoms with van der Waals surface area (Å²) in [5, 5.41) is 11.1. The summed E-state index contributed by atoms with van der Waals surface area (Å²) < 4.78 is 0. The zero-order chi connectivity index (χ0) is 14.1. The molecular weight excluding hydrogens is 258 g/mol. The minimum Gasteiger partial charge on any atom is -0.368 e. The zero-order valence-electron chi connectivity index (χ0n) is 10.7. The van der Waals surface area contributed by atoms with Crippen molar-refractivity contribution in [2.45, 2.75) is 13.0 Å². The van der Waals surface area contributed by atoms with Crippen LogP contribution in [-0.2, 0) is 13.0 Å². The number of nitro groups is 1. The number of fused-ring (bicyclic) bond motifs is 1. The summed E-state index contributed by atoms with van der Waals surface area (Å²) in [5.74, 6) is 0.335. The van der Waals surface area contributed by atoms with E-state index in [1.54, 1.807) is 0 Å². The lowest BCUT2D eigenvalue weighted by Crippen LogP contribution is -2.31. The van der Waals surface area contributed by atoms with Gasteiger partial charge in [-0.15, -0.1) is 0 Å². The van der Waals surface area contributed by atoms with Gasteiger partial charge in [0.1, 0.15) is 6.20 Å². The molecule has 2 N–H and O–H groups in total. The van der Waals surface area contributed by atoms with Crippen molar-refractivity contribution in [2.24, 2.45) is 0 Å². The molecule has 0 atom stereocenters. The summed E-state index contributed by atoms with van der Waals surface area (Å²) in [6, 6.07) is 8.07. The highest BCUT2D eigenvalue weighted by molar-refractivity contribution is 5.59. The maximum absolute atomic E-state index is 11.1. The fourth-order valence-electron chi connectivity index (χ4n) is 2.42. The van der Waals surface area contributed by atoms with E-state index in [9.17, 15) is 10.1 Å². The highest BCUT2D eigenvalue weighted by Gasteiger charge is 2.25. The lowest BCUT2D eigenvalue weighted by molar-refractivity contribution is -0.384. The normalized spacial score (nSPS) is 13.9. The number of nitrogens with two attached hydrogens (primary N) is 1. The maximum Gasteiger partial charge on any atom is 0.329 e. The second kappa shape index (κ2) is 4.76. The predicted molar refractivity (Wildman–Crippen MR) is 74.3 cm³/mol. The van der Waals surface area contributed by atoms with E-state index in [1.165, 1.54) is 5.56 Å². The molecule has 1 aromatic carbocycles. The molecule has 0 amide bonds. The first-order valence-electron chi connectivity index (χ1n) is 6.24. The van der Waals surface area contributed by atoms with Gasteiger partial charge < -0.3 is 10.6 Å². The molecule has 0 aliphatic carbocycles. The first-order valence-corrected chi connectivity index (χ1v) is 6.24. The highest BCUT2D eigenvalue weighted by Crippen LogP contribution is 2.30. The number of aromatic nitrogens is 2. The van der Waals surface area contributed by atoms with E-state index < -0.39 is 4.92 Å². The van der Waals surface area contributed by atoms with E-state index in [1.807, 2.05) is 23.1 Å². The van der Waals surface area contributed by atoms with E-state index >= 15 is 0 Å². The third-order valence-corrected chi connectivity index (χ3v) is 3.40. The molecule has 1 aliphatic heterocycles. The smallest absolute Gasteiger partial charge is 0.329 e. The molecule has 0 fully saturated rings. The standard InChI is InChI=1S/C13H13N5O2/c14-13-15-7-11(18(19)20)12(16-13)17-6-5-9-3-1-2-4-10(9)8-17/h1-4,7H,5-6,8H2,(H2,14,15,16). The monoisotopic (exact) mass is 271 g/mol. The molecule has 20 heavy (non-hydrogen) atoms. The topological polar surface area (TPSA) is 98.2 Å². The second-order valence-electron chi connectivity index (χ2n) is 4.63. The SMILES string of the molecule is Nc1ncc([N+](=O)[O-])c(N2CCc3ccccc3C2)n1. The fourth-order valence-corrected chi connectivity index (χ4v) is 2.42. The number of hydrogen-bond acceptors (Lipinski definition) is 6. The van der Waals surface area contributed by atoms with E-state index in [0.717, 1.165) is 18.2 Å². The van der Waals surface area contributed by atoms with Gasteiger partial charge in [0, 0.05) is 13.1 Å². The number of nitrogens with zero attached hydrogens (tertiary/aromatic N) is 4. The Bertz CT molecular complexity index is 674. The van der Waals surface area contributed by atoms with Crippen LogP contribution in [0.5, 0.6) is 0 Å². The molecule has 2 heterocycles. The summed E-state index contributed by atoms with van der Waals surface area (Å²) in [4.78, 5) is 20.2. The molecule has 3 rings (SSSR count). The summed E-state index contributed by atoms with van der Waals surface area (Å²) in [6.07, 6.45) is 2.00. The number of anilines is 2. The number of rotatable bonds is 2. The molecule has 0 unspecified atom stereocenters. The van der Waals surface area contributed by atoms with Gasteiger partial charge in [-0.05, 0) is 17.5 Å². The van der Waals surface area contributed by atoms with Crippen LogP contribution in [0.15, 0.2) is 30.5 Å². The average Bonchev–Trinajstić information content (AvgIpc) is 2.46. The van der Waals surface area contributed by atoms with Gasteiger partial charge in [-0.1, -0.05) is 24.3 Å². The molecule has 0 saturated carbocycles. The van der Waals surface area contributed by atoms with Crippen molar-refractivity contribution in [1.82, 2.24) is 9.97 Å². The molecule has 2 aromatic rings. The van der Waals surface area contributed by atoms with Gasteiger partial charge in [0.2, 0.25) is 11.8 Å². The van der Waals surface area contributed by atoms with Crippen LogP contribution in [0.4, 0.5) is 17.5 Å². The third kappa shape index (κ3) is 2.13. The van der Waals surface area contributed by atoms with Crippen LogP contribution in [0.3, 0.4) is 0 Å².